The van der Waals surface area contributed by atoms with Crippen LogP contribution < -0.4 is 4.74 Å². The fraction of sp³-hybridized carbons (Fsp3) is 0.381. The van der Waals surface area contributed by atoms with Crippen LogP contribution >= 0.6 is 0 Å². The number of hydrogen-bond donors (Lipinski definition) is 1. The lowest BCUT2D eigenvalue weighted by molar-refractivity contribution is -0.159. The van der Waals surface area contributed by atoms with Crippen LogP contribution in [0, 0.1) is 0 Å². The van der Waals surface area contributed by atoms with E-state index in [0.717, 1.165) is 18.6 Å². The molecule has 1 fully saturated rings. The molecule has 0 radical (unpaired) electrons. The molecule has 8 heteroatoms. The number of amides is 1. The monoisotopic (exact) mass is 418 g/mol. The van der Waals surface area contributed by atoms with Gasteiger partial charge in [-0.2, -0.15) is 0 Å². The number of carbonyl (C=O) groups is 1. The molecule has 156 valence electrons. The van der Waals surface area contributed by atoms with E-state index < -0.39 is 16.1 Å². The summed E-state index contributed by atoms with van der Waals surface area (Å²) in [5, 5.41) is 10.4. The topological polar surface area (TPSA) is 87.2 Å². The second kappa shape index (κ2) is 9.39. The first-order chi connectivity index (χ1) is 13.9. The summed E-state index contributed by atoms with van der Waals surface area (Å²) < 4.78 is 32.6. The lowest BCUT2D eigenvalue weighted by Gasteiger charge is -2.33. The standard InChI is InChI=1S/C21H26N2O5S/c1-28-20-9-7-17(8-10-20)18-11-13-22(14-12-18)29(26,27)15-21(23(25)16-24)19-5-3-2-4-6-19/h2-10,16,18,21,25H,11-15H2,1H3. The number of rotatable bonds is 8. The van der Waals surface area contributed by atoms with Crippen molar-refractivity contribution in [3.8, 4) is 5.75 Å². The number of hydroxylamine groups is 2. The lowest BCUT2D eigenvalue weighted by atomic mass is 9.90. The molecule has 1 amide bonds. The molecule has 1 aliphatic heterocycles. The molecule has 0 saturated carbocycles. The minimum Gasteiger partial charge on any atom is -0.497 e. The maximum Gasteiger partial charge on any atom is 0.233 e. The van der Waals surface area contributed by atoms with Crippen LogP contribution in [0.3, 0.4) is 0 Å². The van der Waals surface area contributed by atoms with Gasteiger partial charge in [-0.25, -0.2) is 17.8 Å². The van der Waals surface area contributed by atoms with E-state index >= 15 is 0 Å². The molecule has 0 aliphatic carbocycles. The third-order valence-electron chi connectivity index (χ3n) is 5.41. The van der Waals surface area contributed by atoms with Gasteiger partial charge in [-0.1, -0.05) is 42.5 Å². The number of methoxy groups -OCH3 is 1. The first kappa shape index (κ1) is 21.3. The molecule has 7 nitrogen and oxygen atoms in total. The van der Waals surface area contributed by atoms with Crippen molar-refractivity contribution in [2.75, 3.05) is 26.0 Å². The van der Waals surface area contributed by atoms with E-state index in [4.69, 9.17) is 4.74 Å². The molecule has 29 heavy (non-hydrogen) atoms. The first-order valence-electron chi connectivity index (χ1n) is 9.54. The van der Waals surface area contributed by atoms with Crippen LogP contribution in [-0.4, -0.2) is 55.4 Å². The van der Waals surface area contributed by atoms with Crippen LogP contribution in [-0.2, 0) is 14.8 Å². The Morgan fingerprint density at radius 3 is 2.31 bits per heavy atom. The van der Waals surface area contributed by atoms with E-state index in [1.54, 1.807) is 37.4 Å². The van der Waals surface area contributed by atoms with Gasteiger partial charge in [0.1, 0.15) is 5.75 Å². The predicted molar refractivity (Wildman–Crippen MR) is 109 cm³/mol. The summed E-state index contributed by atoms with van der Waals surface area (Å²) in [7, 11) is -2.03. The Kier molecular flexibility index (Phi) is 6.89. The van der Waals surface area contributed by atoms with Crippen molar-refractivity contribution in [1.82, 2.24) is 9.37 Å². The van der Waals surface area contributed by atoms with Gasteiger partial charge in [0.15, 0.2) is 0 Å². The van der Waals surface area contributed by atoms with E-state index in [0.29, 0.717) is 29.6 Å². The Bertz CT molecular complexity index is 894. The third kappa shape index (κ3) is 5.14. The average Bonchev–Trinajstić information content (AvgIpc) is 2.77. The van der Waals surface area contributed by atoms with Gasteiger partial charge in [0.05, 0.1) is 18.9 Å². The van der Waals surface area contributed by atoms with Gasteiger partial charge in [0.25, 0.3) is 0 Å². The summed E-state index contributed by atoms with van der Waals surface area (Å²) >= 11 is 0. The fourth-order valence-electron chi connectivity index (χ4n) is 3.72. The highest BCUT2D eigenvalue weighted by Crippen LogP contribution is 2.31. The second-order valence-electron chi connectivity index (χ2n) is 7.14. The maximum atomic E-state index is 13.0. The SMILES string of the molecule is COc1ccc(C2CCN(S(=O)(=O)CC(c3ccccc3)N(O)C=O)CC2)cc1. The molecule has 0 bridgehead atoms. The highest BCUT2D eigenvalue weighted by Gasteiger charge is 2.33. The average molecular weight is 419 g/mol. The van der Waals surface area contributed by atoms with E-state index in [1.165, 1.54) is 9.87 Å². The summed E-state index contributed by atoms with van der Waals surface area (Å²) in [6.45, 7) is 0.820. The van der Waals surface area contributed by atoms with Crippen LogP contribution in [0.15, 0.2) is 54.6 Å². The molecule has 1 N–H and O–H groups in total. The molecule has 1 aliphatic rings. The number of benzene rings is 2. The zero-order valence-corrected chi connectivity index (χ0v) is 17.2. The summed E-state index contributed by atoms with van der Waals surface area (Å²) in [4.78, 5) is 11.1. The van der Waals surface area contributed by atoms with Crippen molar-refractivity contribution in [3.05, 3.63) is 65.7 Å². The highest BCUT2D eigenvalue weighted by molar-refractivity contribution is 7.89. The van der Waals surface area contributed by atoms with Crippen LogP contribution in [0.25, 0.3) is 0 Å². The molecule has 2 aromatic rings. The first-order valence-corrected chi connectivity index (χ1v) is 11.1. The zero-order valence-electron chi connectivity index (χ0n) is 16.3. The number of nitrogens with zero attached hydrogens (tertiary/aromatic N) is 2. The van der Waals surface area contributed by atoms with E-state index in [2.05, 4.69) is 0 Å². The minimum absolute atomic E-state index is 0.239. The van der Waals surface area contributed by atoms with Crippen molar-refractivity contribution in [2.45, 2.75) is 24.8 Å². The van der Waals surface area contributed by atoms with Crippen LogP contribution in [0.4, 0.5) is 0 Å². The number of sulfonamides is 1. The smallest absolute Gasteiger partial charge is 0.233 e. The van der Waals surface area contributed by atoms with Gasteiger partial charge >= 0.3 is 0 Å². The fourth-order valence-corrected chi connectivity index (χ4v) is 5.44. The Hall–Kier alpha value is -2.42. The Morgan fingerprint density at radius 2 is 1.76 bits per heavy atom. The molecule has 2 aromatic carbocycles. The van der Waals surface area contributed by atoms with Gasteiger partial charge in [0.2, 0.25) is 16.4 Å². The number of ether oxygens (including phenoxy) is 1. The minimum atomic E-state index is -3.65. The summed E-state index contributed by atoms with van der Waals surface area (Å²) in [5.41, 5.74) is 1.74. The van der Waals surface area contributed by atoms with Gasteiger partial charge in [-0.05, 0) is 42.0 Å². The Morgan fingerprint density at radius 1 is 1.14 bits per heavy atom. The van der Waals surface area contributed by atoms with Crippen LogP contribution in [0.5, 0.6) is 5.75 Å². The van der Waals surface area contributed by atoms with Crippen LogP contribution in [0.1, 0.15) is 35.9 Å². The van der Waals surface area contributed by atoms with Crippen molar-refractivity contribution in [2.24, 2.45) is 0 Å². The number of hydrogen-bond acceptors (Lipinski definition) is 5. The van der Waals surface area contributed by atoms with Gasteiger partial charge in [0, 0.05) is 13.1 Å². The molecule has 1 saturated heterocycles. The third-order valence-corrected chi connectivity index (χ3v) is 7.30. The zero-order chi connectivity index (χ0) is 20.9. The van der Waals surface area contributed by atoms with E-state index in [-0.39, 0.29) is 12.2 Å². The molecule has 1 unspecified atom stereocenters. The molecular weight excluding hydrogens is 392 g/mol. The summed E-state index contributed by atoms with van der Waals surface area (Å²) in [5.74, 6) is 0.727. The van der Waals surface area contributed by atoms with E-state index in [9.17, 15) is 18.4 Å². The van der Waals surface area contributed by atoms with Crippen molar-refractivity contribution in [3.63, 3.8) is 0 Å². The Labute approximate surface area is 171 Å². The largest absolute Gasteiger partial charge is 0.497 e. The molecular formula is C21H26N2O5S. The van der Waals surface area contributed by atoms with Crippen molar-refractivity contribution >= 4 is 16.4 Å². The number of carbonyl (C=O) groups excluding carboxylic acids is 1. The molecule has 0 aromatic heterocycles. The summed E-state index contributed by atoms with van der Waals surface area (Å²) in [6, 6.07) is 15.6. The molecule has 1 atom stereocenters. The molecule has 0 spiro atoms. The van der Waals surface area contributed by atoms with Crippen molar-refractivity contribution in [1.29, 1.82) is 0 Å². The summed E-state index contributed by atoms with van der Waals surface area (Å²) in [6.07, 6.45) is 1.68. The van der Waals surface area contributed by atoms with Gasteiger partial charge in [-0.3, -0.25) is 10.0 Å². The maximum absolute atomic E-state index is 13.0. The van der Waals surface area contributed by atoms with Crippen LogP contribution in [0.2, 0.25) is 0 Å². The Balaban J connectivity index is 1.67. The highest BCUT2D eigenvalue weighted by atomic mass is 32.2. The van der Waals surface area contributed by atoms with Crippen molar-refractivity contribution < 1.29 is 23.2 Å². The quantitative estimate of drug-likeness (QED) is 0.405. The van der Waals surface area contributed by atoms with Gasteiger partial charge in [-0.15, -0.1) is 0 Å². The lowest BCUT2D eigenvalue weighted by Crippen LogP contribution is -2.42. The predicted octanol–water partition coefficient (Wildman–Crippen LogP) is 2.79. The van der Waals surface area contributed by atoms with Gasteiger partial charge < -0.3 is 4.74 Å². The second-order valence-corrected chi connectivity index (χ2v) is 9.15. The molecule has 1 heterocycles. The normalized spacial score (nSPS) is 16.9. The number of piperidine rings is 1. The molecule has 3 rings (SSSR count). The van der Waals surface area contributed by atoms with E-state index in [1.807, 2.05) is 24.3 Å².